The van der Waals surface area contributed by atoms with E-state index in [0.717, 1.165) is 9.34 Å². The number of fused-ring (bicyclic) bond motifs is 5. The number of nitrogens with zero attached hydrogens (tertiary/aromatic N) is 2. The first kappa shape index (κ1) is 19.3. The van der Waals surface area contributed by atoms with Crippen molar-refractivity contribution in [2.24, 2.45) is 0 Å². The quantitative estimate of drug-likeness (QED) is 0.253. The van der Waals surface area contributed by atoms with Crippen molar-refractivity contribution in [1.82, 2.24) is 14.8 Å². The molecule has 1 N–H and O–H groups in total. The van der Waals surface area contributed by atoms with E-state index in [-0.39, 0.29) is 25.5 Å². The van der Waals surface area contributed by atoms with Gasteiger partial charge in [-0.25, -0.2) is 0 Å². The molecular weight excluding hydrogens is 469 g/mol. The number of aromatic nitrogens is 1. The van der Waals surface area contributed by atoms with Crippen molar-refractivity contribution >= 4 is 60.2 Å². The van der Waals surface area contributed by atoms with Gasteiger partial charge in [0.15, 0.2) is 0 Å². The van der Waals surface area contributed by atoms with Crippen molar-refractivity contribution in [3.05, 3.63) is 69.7 Å². The second-order valence-electron chi connectivity index (χ2n) is 8.73. The van der Waals surface area contributed by atoms with Gasteiger partial charge in [0.2, 0.25) is 0 Å². The van der Waals surface area contributed by atoms with Crippen LogP contribution in [0.5, 0.6) is 0 Å². The predicted octanol–water partition coefficient (Wildman–Crippen LogP) is 3.57. The molecule has 0 bridgehead atoms. The zero-order chi connectivity index (χ0) is 22.4. The molecule has 4 amide bonds. The number of imide groups is 2. The van der Waals surface area contributed by atoms with Crippen LogP contribution >= 0.6 is 0 Å². The number of carbonyl (C=O) groups is 3. The van der Waals surface area contributed by atoms with Crippen LogP contribution in [0.4, 0.5) is 4.79 Å². The molecule has 0 radical (unpaired) electrons. The molecule has 2 aliphatic rings. The Morgan fingerprint density at radius 3 is 2.53 bits per heavy atom. The number of likely N-dealkylation sites (N-methyl/N-ethyl adjacent to an activating group) is 1. The fourth-order valence-electron chi connectivity index (χ4n) is 4.85. The molecule has 6 rings (SSSR count). The van der Waals surface area contributed by atoms with Crippen LogP contribution < -0.4 is 5.32 Å². The standard InChI is InChI=1S/C25H19N3O3Se/c1-25(2)17-9-6-8-15-14-7-4-5-10-19(14)28(20(15)17)23-18(25)12-13(32-23)11-16-21(29)26-24(31)27(3)22(16)30/h4-12H,1-3H3,(H,26,29,31)/b16-11+. The molecule has 1 fully saturated rings. The predicted molar refractivity (Wildman–Crippen MR) is 124 cm³/mol. The third-order valence-electron chi connectivity index (χ3n) is 6.57. The van der Waals surface area contributed by atoms with Gasteiger partial charge in [-0.15, -0.1) is 0 Å². The Morgan fingerprint density at radius 1 is 0.969 bits per heavy atom. The van der Waals surface area contributed by atoms with Crippen LogP contribution in [0.15, 0.2) is 54.1 Å². The molecule has 0 saturated carbocycles. The number of rotatable bonds is 1. The van der Waals surface area contributed by atoms with E-state index in [0.29, 0.717) is 0 Å². The zero-order valence-corrected chi connectivity index (χ0v) is 19.4. The molecule has 0 unspecified atom stereocenters. The van der Waals surface area contributed by atoms with Crippen molar-refractivity contribution in [1.29, 1.82) is 0 Å². The fraction of sp³-hybridized carbons (Fsp3) is 0.160. The van der Waals surface area contributed by atoms with Crippen molar-refractivity contribution in [3.8, 4) is 4.56 Å². The average Bonchev–Trinajstić information content (AvgIpc) is 3.34. The molecule has 0 spiro atoms. The van der Waals surface area contributed by atoms with E-state index in [1.165, 1.54) is 44.5 Å². The number of carbonyl (C=O) groups excluding carboxylic acids is 3. The second-order valence-corrected chi connectivity index (χ2v) is 11.0. The number of hydrogen-bond donors (Lipinski definition) is 1. The normalized spacial score (nSPS) is 18.5. The molecule has 0 atom stereocenters. The van der Waals surface area contributed by atoms with Gasteiger partial charge in [0, 0.05) is 0 Å². The van der Waals surface area contributed by atoms with Crippen molar-refractivity contribution in [2.75, 3.05) is 7.05 Å². The Kier molecular flexibility index (Phi) is 3.80. The average molecular weight is 488 g/mol. The Bertz CT molecular complexity index is 1550. The molecule has 6 nitrogen and oxygen atoms in total. The van der Waals surface area contributed by atoms with Crippen molar-refractivity contribution in [3.63, 3.8) is 0 Å². The summed E-state index contributed by atoms with van der Waals surface area (Å²) < 4.78 is 4.53. The van der Waals surface area contributed by atoms with Crippen LogP contribution in [-0.2, 0) is 15.0 Å². The van der Waals surface area contributed by atoms with E-state index < -0.39 is 17.8 Å². The summed E-state index contributed by atoms with van der Waals surface area (Å²) in [4.78, 5) is 37.6. The number of hydrogen-bond acceptors (Lipinski definition) is 3. The number of urea groups is 1. The molecule has 1 saturated heterocycles. The summed E-state index contributed by atoms with van der Waals surface area (Å²) >= 11 is -0.109. The summed E-state index contributed by atoms with van der Waals surface area (Å²) in [6, 6.07) is 16.3. The topological polar surface area (TPSA) is 71.4 Å². The number of para-hydroxylation sites is 2. The number of benzene rings is 2. The molecular formula is C25H19N3O3Se. The molecule has 4 heterocycles. The minimum atomic E-state index is -0.696. The monoisotopic (exact) mass is 489 g/mol. The first-order valence-corrected chi connectivity index (χ1v) is 12.0. The molecule has 158 valence electrons. The van der Waals surface area contributed by atoms with Crippen LogP contribution in [0.25, 0.3) is 32.4 Å². The van der Waals surface area contributed by atoms with Gasteiger partial charge in [-0.3, -0.25) is 0 Å². The van der Waals surface area contributed by atoms with Crippen LogP contribution in [0.3, 0.4) is 0 Å². The maximum absolute atomic E-state index is 12.6. The van der Waals surface area contributed by atoms with Crippen LogP contribution in [-0.4, -0.2) is 48.9 Å². The van der Waals surface area contributed by atoms with Gasteiger partial charge in [-0.1, -0.05) is 0 Å². The van der Waals surface area contributed by atoms with E-state index in [1.807, 2.05) is 0 Å². The molecule has 2 aromatic heterocycles. The minimum absolute atomic E-state index is 0.00194. The Balaban J connectivity index is 1.62. The summed E-state index contributed by atoms with van der Waals surface area (Å²) in [7, 11) is 1.37. The van der Waals surface area contributed by atoms with E-state index in [1.54, 1.807) is 6.08 Å². The third-order valence-corrected chi connectivity index (χ3v) is 8.81. The summed E-state index contributed by atoms with van der Waals surface area (Å²) in [6.45, 7) is 4.46. The van der Waals surface area contributed by atoms with Gasteiger partial charge in [-0.2, -0.15) is 0 Å². The van der Waals surface area contributed by atoms with E-state index in [4.69, 9.17) is 0 Å². The van der Waals surface area contributed by atoms with Gasteiger partial charge >= 0.3 is 190 Å². The second kappa shape index (κ2) is 6.31. The SMILES string of the molecule is CN1C(=O)NC(=O)/C(=C\c2cc3c([se]2)-n2c4ccccc4c4cccc(c42)C3(C)C)C1=O. The van der Waals surface area contributed by atoms with E-state index in [9.17, 15) is 14.4 Å². The third kappa shape index (κ3) is 2.38. The molecule has 2 aliphatic heterocycles. The fourth-order valence-corrected chi connectivity index (χ4v) is 7.54. The van der Waals surface area contributed by atoms with Crippen LogP contribution in [0, 0.1) is 0 Å². The molecule has 32 heavy (non-hydrogen) atoms. The molecule has 0 aliphatic carbocycles. The van der Waals surface area contributed by atoms with Crippen molar-refractivity contribution in [2.45, 2.75) is 19.3 Å². The summed E-state index contributed by atoms with van der Waals surface area (Å²) in [6.07, 6.45) is 1.66. The van der Waals surface area contributed by atoms with E-state index >= 15 is 0 Å². The molecule has 4 aromatic rings. The first-order valence-electron chi connectivity index (χ1n) is 10.3. The number of amides is 4. The van der Waals surface area contributed by atoms with Crippen LogP contribution in [0.2, 0.25) is 0 Å². The van der Waals surface area contributed by atoms with E-state index in [2.05, 4.69) is 72.3 Å². The number of barbiturate groups is 1. The van der Waals surface area contributed by atoms with Crippen molar-refractivity contribution < 1.29 is 14.4 Å². The van der Waals surface area contributed by atoms with Gasteiger partial charge in [0.1, 0.15) is 0 Å². The number of nitrogens with one attached hydrogen (secondary N) is 1. The summed E-state index contributed by atoms with van der Waals surface area (Å²) in [5.74, 6) is -1.22. The summed E-state index contributed by atoms with van der Waals surface area (Å²) in [5.41, 5.74) is 4.66. The molecule has 2 aromatic carbocycles. The van der Waals surface area contributed by atoms with Crippen LogP contribution in [0.1, 0.15) is 29.4 Å². The first-order chi connectivity index (χ1) is 15.3. The Labute approximate surface area is 189 Å². The zero-order valence-electron chi connectivity index (χ0n) is 17.7. The summed E-state index contributed by atoms with van der Waals surface area (Å²) in [5, 5.41) is 4.69. The van der Waals surface area contributed by atoms with Gasteiger partial charge in [-0.05, 0) is 0 Å². The maximum atomic E-state index is 12.6. The van der Waals surface area contributed by atoms with Gasteiger partial charge in [0.05, 0.1) is 0 Å². The van der Waals surface area contributed by atoms with Gasteiger partial charge < -0.3 is 0 Å². The van der Waals surface area contributed by atoms with Gasteiger partial charge in [0.25, 0.3) is 0 Å². The Morgan fingerprint density at radius 2 is 1.72 bits per heavy atom. The molecule has 7 heteroatoms. The Hall–Kier alpha value is -3.41.